The summed E-state index contributed by atoms with van der Waals surface area (Å²) in [6.45, 7) is 6.05. The second-order valence-electron chi connectivity index (χ2n) is 13.4. The Morgan fingerprint density at radius 1 is 1.00 bits per heavy atom. The maximum Gasteiger partial charge on any atom is 0.337 e. The highest BCUT2D eigenvalue weighted by molar-refractivity contribution is 5.77. The number of hydrogen-bond acceptors (Lipinski definition) is 9. The van der Waals surface area contributed by atoms with Crippen molar-refractivity contribution in [3.8, 4) is 22.6 Å². The lowest BCUT2D eigenvalue weighted by molar-refractivity contribution is 0.0342. The molecule has 51 heavy (non-hydrogen) atoms. The molecule has 5 heterocycles. The van der Waals surface area contributed by atoms with Gasteiger partial charge in [-0.1, -0.05) is 18.2 Å². The number of phenolic OH excluding ortho intramolecular Hbond substituents is 1. The summed E-state index contributed by atoms with van der Waals surface area (Å²) < 4.78 is 24.8. The molecule has 0 bridgehead atoms. The van der Waals surface area contributed by atoms with Crippen molar-refractivity contribution in [3.63, 3.8) is 0 Å². The zero-order valence-corrected chi connectivity index (χ0v) is 28.3. The third-order valence-corrected chi connectivity index (χ3v) is 10.1. The van der Waals surface area contributed by atoms with Crippen LogP contribution in [0.1, 0.15) is 48.8 Å². The van der Waals surface area contributed by atoms with Crippen LogP contribution in [-0.4, -0.2) is 70.8 Å². The zero-order valence-electron chi connectivity index (χ0n) is 28.3. The maximum atomic E-state index is 14.6. The molecule has 0 radical (unpaired) electrons. The molecule has 6 aromatic rings. The van der Waals surface area contributed by atoms with Crippen LogP contribution >= 0.6 is 0 Å². The first-order valence-corrected chi connectivity index (χ1v) is 17.4. The van der Waals surface area contributed by atoms with Crippen molar-refractivity contribution in [2.75, 3.05) is 26.3 Å². The fourth-order valence-electron chi connectivity index (χ4n) is 7.51. The highest BCUT2D eigenvalue weighted by Gasteiger charge is 2.27. The van der Waals surface area contributed by atoms with E-state index in [1.54, 1.807) is 24.4 Å². The molecule has 13 heteroatoms. The fourth-order valence-corrected chi connectivity index (χ4v) is 7.51. The Bertz CT molecular complexity index is 2360. The Labute approximate surface area is 292 Å². The van der Waals surface area contributed by atoms with Crippen molar-refractivity contribution in [3.05, 3.63) is 117 Å². The number of imidazole rings is 1. The van der Waals surface area contributed by atoms with Crippen LogP contribution in [0.5, 0.6) is 5.75 Å². The van der Waals surface area contributed by atoms with Crippen molar-refractivity contribution in [2.45, 2.75) is 57.8 Å². The Hall–Kier alpha value is -5.24. The molecule has 0 unspecified atom stereocenters. The lowest BCUT2D eigenvalue weighted by Gasteiger charge is -2.30. The summed E-state index contributed by atoms with van der Waals surface area (Å²) in [7, 11) is 0. The van der Waals surface area contributed by atoms with Gasteiger partial charge in [0, 0.05) is 50.7 Å². The fraction of sp³-hybridized carbons (Fsp3) is 0.342. The van der Waals surface area contributed by atoms with Gasteiger partial charge in [0.05, 0.1) is 36.2 Å². The van der Waals surface area contributed by atoms with Gasteiger partial charge in [0.25, 0.3) is 5.56 Å². The Morgan fingerprint density at radius 2 is 1.82 bits per heavy atom. The predicted octanol–water partition coefficient (Wildman–Crippen LogP) is 4.52. The first-order chi connectivity index (χ1) is 24.8. The van der Waals surface area contributed by atoms with E-state index in [4.69, 9.17) is 9.72 Å². The molecule has 2 fully saturated rings. The van der Waals surface area contributed by atoms with Gasteiger partial charge in [-0.2, -0.15) is 0 Å². The summed E-state index contributed by atoms with van der Waals surface area (Å²) >= 11 is 0. The predicted molar refractivity (Wildman–Crippen MR) is 191 cm³/mol. The van der Waals surface area contributed by atoms with Gasteiger partial charge in [0.15, 0.2) is 5.65 Å². The summed E-state index contributed by atoms with van der Waals surface area (Å²) in [5, 5.41) is 14.0. The van der Waals surface area contributed by atoms with Crippen molar-refractivity contribution in [1.82, 2.24) is 38.7 Å². The lowest BCUT2D eigenvalue weighted by Crippen LogP contribution is -2.44. The minimum Gasteiger partial charge on any atom is -0.508 e. The molecule has 0 spiro atoms. The summed E-state index contributed by atoms with van der Waals surface area (Å²) in [5.41, 5.74) is 4.02. The normalized spacial score (nSPS) is 18.5. The second kappa shape index (κ2) is 13.8. The van der Waals surface area contributed by atoms with E-state index in [1.807, 2.05) is 47.9 Å². The number of fused-ring (bicyclic) bond motifs is 2. The van der Waals surface area contributed by atoms with Crippen LogP contribution in [0.25, 0.3) is 33.5 Å². The largest absolute Gasteiger partial charge is 0.508 e. The van der Waals surface area contributed by atoms with Gasteiger partial charge in [-0.25, -0.2) is 28.7 Å². The molecule has 2 aromatic carbocycles. The highest BCUT2D eigenvalue weighted by Crippen LogP contribution is 2.31. The number of ether oxygens (including phenoxy) is 1. The number of aromatic nitrogens is 6. The SMILES string of the molecule is Cc1nccc2nc(CNC3CCC(n4c(=O)c5cc(F)cnc5n(-c5cccc(-c6ccc(O)cc6CN6CCOCC6)c5)c4=O)CC3)cn12. The third kappa shape index (κ3) is 6.55. The number of aromatic hydroxyl groups is 1. The molecule has 1 saturated heterocycles. The molecule has 0 atom stereocenters. The molecule has 262 valence electrons. The van der Waals surface area contributed by atoms with Crippen LogP contribution in [0.4, 0.5) is 4.39 Å². The molecule has 12 nitrogen and oxygen atoms in total. The van der Waals surface area contributed by atoms with Gasteiger partial charge >= 0.3 is 5.69 Å². The Kier molecular flexibility index (Phi) is 8.92. The number of morpholine rings is 1. The van der Waals surface area contributed by atoms with Crippen LogP contribution in [-0.2, 0) is 17.8 Å². The van der Waals surface area contributed by atoms with E-state index in [2.05, 4.69) is 20.2 Å². The van der Waals surface area contributed by atoms with E-state index in [-0.39, 0.29) is 28.9 Å². The van der Waals surface area contributed by atoms with E-state index < -0.39 is 17.1 Å². The molecular weight excluding hydrogens is 651 g/mol. The van der Waals surface area contributed by atoms with Gasteiger partial charge in [-0.3, -0.25) is 18.7 Å². The number of nitrogens with zero attached hydrogens (tertiary/aromatic N) is 7. The van der Waals surface area contributed by atoms with Crippen LogP contribution in [0.2, 0.25) is 0 Å². The first kappa shape index (κ1) is 32.9. The minimum atomic E-state index is -0.646. The average molecular weight is 691 g/mol. The molecule has 2 aliphatic rings. The van der Waals surface area contributed by atoms with Crippen molar-refractivity contribution < 1.29 is 14.2 Å². The van der Waals surface area contributed by atoms with Gasteiger partial charge in [0.1, 0.15) is 23.0 Å². The smallest absolute Gasteiger partial charge is 0.337 e. The molecule has 0 amide bonds. The van der Waals surface area contributed by atoms with Gasteiger partial charge in [-0.15, -0.1) is 0 Å². The second-order valence-corrected chi connectivity index (χ2v) is 13.4. The lowest BCUT2D eigenvalue weighted by atomic mass is 9.91. The van der Waals surface area contributed by atoms with Crippen molar-refractivity contribution >= 4 is 16.7 Å². The maximum absolute atomic E-state index is 14.6. The van der Waals surface area contributed by atoms with Crippen molar-refractivity contribution in [2.24, 2.45) is 0 Å². The summed E-state index contributed by atoms with van der Waals surface area (Å²) in [6, 6.07) is 15.7. The Morgan fingerprint density at radius 3 is 2.63 bits per heavy atom. The molecular formula is C38H39FN8O4. The average Bonchev–Trinajstić information content (AvgIpc) is 3.57. The quantitative estimate of drug-likeness (QED) is 0.237. The van der Waals surface area contributed by atoms with E-state index in [9.17, 15) is 19.1 Å². The van der Waals surface area contributed by atoms with Crippen LogP contribution in [0.15, 0.2) is 82.8 Å². The topological polar surface area (TPSA) is 132 Å². The highest BCUT2D eigenvalue weighted by atomic mass is 19.1. The first-order valence-electron chi connectivity index (χ1n) is 17.4. The standard InChI is InChI=1S/C38H39FN8O4/c1-24-40-12-11-35-43-29(23-45(24)35)21-41-28-5-7-30(8-6-28)47-37(49)34-19-27(39)20-42-36(34)46(38(47)50)31-4-2-3-25(17-31)33-10-9-32(48)18-26(33)22-44-13-15-51-16-14-44/h2-4,9-12,17-20,23,28,30,41,48H,5-8,13-16,21-22H2,1H3. The van der Waals surface area contributed by atoms with E-state index in [0.717, 1.165) is 66.0 Å². The number of halogens is 1. The molecule has 8 rings (SSSR count). The summed E-state index contributed by atoms with van der Waals surface area (Å²) in [6.07, 6.45) is 7.49. The molecule has 1 saturated carbocycles. The number of phenols is 1. The molecule has 1 aliphatic heterocycles. The number of hydrogen-bond donors (Lipinski definition) is 2. The van der Waals surface area contributed by atoms with Gasteiger partial charge in [-0.05, 0) is 85.7 Å². The Balaban J connectivity index is 1.09. The number of aryl methyl sites for hydroxylation is 1. The van der Waals surface area contributed by atoms with E-state index in [1.165, 1.54) is 15.2 Å². The van der Waals surface area contributed by atoms with E-state index >= 15 is 0 Å². The summed E-state index contributed by atoms with van der Waals surface area (Å²) in [4.78, 5) is 43.9. The third-order valence-electron chi connectivity index (χ3n) is 10.1. The molecule has 1 aliphatic carbocycles. The number of benzene rings is 2. The van der Waals surface area contributed by atoms with Crippen LogP contribution in [0, 0.1) is 12.7 Å². The van der Waals surface area contributed by atoms with Crippen LogP contribution < -0.4 is 16.6 Å². The van der Waals surface area contributed by atoms with E-state index in [0.29, 0.717) is 44.8 Å². The zero-order chi connectivity index (χ0) is 35.1. The number of rotatable bonds is 8. The summed E-state index contributed by atoms with van der Waals surface area (Å²) in [5.74, 6) is 0.396. The van der Waals surface area contributed by atoms with Gasteiger partial charge in [0.2, 0.25) is 0 Å². The number of nitrogens with one attached hydrogen (secondary N) is 1. The van der Waals surface area contributed by atoms with Crippen LogP contribution in [0.3, 0.4) is 0 Å². The van der Waals surface area contributed by atoms with Crippen molar-refractivity contribution in [1.29, 1.82) is 0 Å². The van der Waals surface area contributed by atoms with Gasteiger partial charge < -0.3 is 15.2 Å². The number of pyridine rings is 1. The monoisotopic (exact) mass is 690 g/mol. The molecule has 2 N–H and O–H groups in total. The molecule has 4 aromatic heterocycles. The minimum absolute atomic E-state index is 0.0505.